The third kappa shape index (κ3) is 5.39. The SMILES string of the molecule is COCCOc1ccc(NC(=O)NC2[C@H](C)CCC[C@@H]2C)cn1. The molecule has 1 saturated carbocycles. The van der Waals surface area contributed by atoms with Crippen molar-refractivity contribution >= 4 is 11.7 Å². The molecule has 2 rings (SSSR count). The van der Waals surface area contributed by atoms with Crippen LogP contribution in [0.4, 0.5) is 10.5 Å². The van der Waals surface area contributed by atoms with E-state index in [1.807, 2.05) is 0 Å². The highest BCUT2D eigenvalue weighted by Crippen LogP contribution is 2.28. The van der Waals surface area contributed by atoms with Crippen LogP contribution >= 0.6 is 0 Å². The average Bonchev–Trinajstić information content (AvgIpc) is 2.53. The number of carbonyl (C=O) groups is 1. The Morgan fingerprint density at radius 2 is 2.00 bits per heavy atom. The van der Waals surface area contributed by atoms with E-state index in [1.54, 1.807) is 25.4 Å². The molecule has 1 fully saturated rings. The monoisotopic (exact) mass is 321 g/mol. The van der Waals surface area contributed by atoms with Crippen LogP contribution in [0.25, 0.3) is 0 Å². The zero-order valence-electron chi connectivity index (χ0n) is 14.2. The molecule has 2 amide bonds. The summed E-state index contributed by atoms with van der Waals surface area (Å²) in [5.74, 6) is 1.54. The zero-order valence-corrected chi connectivity index (χ0v) is 14.2. The number of pyridine rings is 1. The van der Waals surface area contributed by atoms with Crippen molar-refractivity contribution in [3.63, 3.8) is 0 Å². The normalized spacial score (nSPS) is 24.0. The van der Waals surface area contributed by atoms with E-state index in [4.69, 9.17) is 9.47 Å². The van der Waals surface area contributed by atoms with Gasteiger partial charge in [-0.1, -0.05) is 20.3 Å². The van der Waals surface area contributed by atoms with Crippen molar-refractivity contribution in [1.29, 1.82) is 0 Å². The quantitative estimate of drug-likeness (QED) is 0.790. The van der Waals surface area contributed by atoms with Gasteiger partial charge in [-0.25, -0.2) is 9.78 Å². The Hall–Kier alpha value is -1.82. The number of aromatic nitrogens is 1. The van der Waals surface area contributed by atoms with Crippen molar-refractivity contribution in [2.24, 2.45) is 11.8 Å². The predicted octanol–water partition coefficient (Wildman–Crippen LogP) is 3.05. The number of ether oxygens (including phenoxy) is 2. The first-order valence-corrected chi connectivity index (χ1v) is 8.25. The largest absolute Gasteiger partial charge is 0.475 e. The fourth-order valence-electron chi connectivity index (χ4n) is 3.05. The van der Waals surface area contributed by atoms with Crippen LogP contribution in [0.5, 0.6) is 5.88 Å². The third-order valence-electron chi connectivity index (χ3n) is 4.37. The molecule has 6 nitrogen and oxygen atoms in total. The molecule has 1 heterocycles. The van der Waals surface area contributed by atoms with Crippen molar-refractivity contribution in [3.8, 4) is 5.88 Å². The molecule has 1 aromatic rings. The smallest absolute Gasteiger partial charge is 0.319 e. The van der Waals surface area contributed by atoms with Crippen LogP contribution in [-0.2, 0) is 4.74 Å². The number of nitrogens with zero attached hydrogens (tertiary/aromatic N) is 1. The van der Waals surface area contributed by atoms with Crippen molar-refractivity contribution < 1.29 is 14.3 Å². The van der Waals surface area contributed by atoms with Crippen molar-refractivity contribution in [3.05, 3.63) is 18.3 Å². The average molecular weight is 321 g/mol. The van der Waals surface area contributed by atoms with Gasteiger partial charge in [0.25, 0.3) is 0 Å². The van der Waals surface area contributed by atoms with Crippen LogP contribution in [0.2, 0.25) is 0 Å². The minimum atomic E-state index is -0.176. The molecule has 0 aromatic carbocycles. The van der Waals surface area contributed by atoms with Crippen LogP contribution in [0.15, 0.2) is 18.3 Å². The van der Waals surface area contributed by atoms with Gasteiger partial charge in [0.1, 0.15) is 6.61 Å². The maximum atomic E-state index is 12.2. The second-order valence-electron chi connectivity index (χ2n) is 6.24. The summed E-state index contributed by atoms with van der Waals surface area (Å²) in [6.45, 7) is 5.37. The lowest BCUT2D eigenvalue weighted by molar-refractivity contribution is 0.144. The van der Waals surface area contributed by atoms with Gasteiger partial charge >= 0.3 is 6.03 Å². The molecule has 3 atom stereocenters. The van der Waals surface area contributed by atoms with Gasteiger partial charge in [0, 0.05) is 19.2 Å². The van der Waals surface area contributed by atoms with Gasteiger partial charge in [0.2, 0.25) is 5.88 Å². The van der Waals surface area contributed by atoms with Gasteiger partial charge in [-0.05, 0) is 30.7 Å². The highest BCUT2D eigenvalue weighted by atomic mass is 16.5. The molecule has 128 valence electrons. The Bertz CT molecular complexity index is 482. The summed E-state index contributed by atoms with van der Waals surface area (Å²) in [5.41, 5.74) is 0.651. The number of urea groups is 1. The van der Waals surface area contributed by atoms with Crippen LogP contribution in [0.1, 0.15) is 33.1 Å². The van der Waals surface area contributed by atoms with E-state index in [0.29, 0.717) is 36.6 Å². The third-order valence-corrected chi connectivity index (χ3v) is 4.37. The molecular formula is C17H27N3O3. The summed E-state index contributed by atoms with van der Waals surface area (Å²) in [5, 5.41) is 5.93. The summed E-state index contributed by atoms with van der Waals surface area (Å²) < 4.78 is 10.3. The Kier molecular flexibility index (Phi) is 6.65. The summed E-state index contributed by atoms with van der Waals surface area (Å²) in [6.07, 6.45) is 5.18. The first-order valence-electron chi connectivity index (χ1n) is 8.25. The van der Waals surface area contributed by atoms with Crippen LogP contribution in [0, 0.1) is 11.8 Å². The molecule has 1 unspecified atom stereocenters. The van der Waals surface area contributed by atoms with Crippen LogP contribution in [-0.4, -0.2) is 37.4 Å². The molecular weight excluding hydrogens is 294 g/mol. The molecule has 0 bridgehead atoms. The number of carbonyl (C=O) groups excluding carboxylic acids is 1. The summed E-state index contributed by atoms with van der Waals surface area (Å²) in [7, 11) is 1.62. The Morgan fingerprint density at radius 3 is 2.61 bits per heavy atom. The summed E-state index contributed by atoms with van der Waals surface area (Å²) >= 11 is 0. The van der Waals surface area contributed by atoms with E-state index in [1.165, 1.54) is 19.3 Å². The topological polar surface area (TPSA) is 72.5 Å². The van der Waals surface area contributed by atoms with Gasteiger partial charge in [-0.15, -0.1) is 0 Å². The lowest BCUT2D eigenvalue weighted by Crippen LogP contribution is -2.47. The van der Waals surface area contributed by atoms with Crippen LogP contribution < -0.4 is 15.4 Å². The molecule has 0 spiro atoms. The molecule has 1 aliphatic rings. The lowest BCUT2D eigenvalue weighted by Gasteiger charge is -2.35. The number of hydrogen-bond acceptors (Lipinski definition) is 4. The van der Waals surface area contributed by atoms with E-state index < -0.39 is 0 Å². The standard InChI is InChI=1S/C17H27N3O3/c1-12-5-4-6-13(2)16(12)20-17(21)19-14-7-8-15(18-11-14)23-10-9-22-3/h7-8,11-13,16H,4-6,9-10H2,1-3H3,(H2,19,20,21)/t12-,13+,16?. The minimum absolute atomic E-state index is 0.176. The number of methoxy groups -OCH3 is 1. The molecule has 2 N–H and O–H groups in total. The van der Waals surface area contributed by atoms with Gasteiger partial charge in [0.05, 0.1) is 18.5 Å². The van der Waals surface area contributed by atoms with E-state index in [0.717, 1.165) is 0 Å². The fraction of sp³-hybridized carbons (Fsp3) is 0.647. The molecule has 6 heteroatoms. The first-order chi connectivity index (χ1) is 11.1. The highest BCUT2D eigenvalue weighted by molar-refractivity contribution is 5.89. The van der Waals surface area contributed by atoms with E-state index in [9.17, 15) is 4.79 Å². The Labute approximate surface area is 138 Å². The number of nitrogens with one attached hydrogen (secondary N) is 2. The van der Waals surface area contributed by atoms with Crippen molar-refractivity contribution in [2.75, 3.05) is 25.6 Å². The maximum absolute atomic E-state index is 12.2. The summed E-state index contributed by atoms with van der Waals surface area (Å²) in [4.78, 5) is 16.3. The van der Waals surface area contributed by atoms with Crippen molar-refractivity contribution in [1.82, 2.24) is 10.3 Å². The maximum Gasteiger partial charge on any atom is 0.319 e. The van der Waals surface area contributed by atoms with Crippen molar-refractivity contribution in [2.45, 2.75) is 39.2 Å². The molecule has 1 aromatic heterocycles. The van der Waals surface area contributed by atoms with Gasteiger partial charge in [0.15, 0.2) is 0 Å². The zero-order chi connectivity index (χ0) is 16.7. The second kappa shape index (κ2) is 8.72. The first kappa shape index (κ1) is 17.5. The van der Waals surface area contributed by atoms with Gasteiger partial charge in [-0.2, -0.15) is 0 Å². The predicted molar refractivity (Wildman–Crippen MR) is 89.7 cm³/mol. The lowest BCUT2D eigenvalue weighted by atomic mass is 9.79. The minimum Gasteiger partial charge on any atom is -0.475 e. The number of amides is 2. The van der Waals surface area contributed by atoms with E-state index in [-0.39, 0.29) is 12.1 Å². The number of anilines is 1. The fourth-order valence-corrected chi connectivity index (χ4v) is 3.05. The van der Waals surface area contributed by atoms with Gasteiger partial charge < -0.3 is 20.1 Å². The Balaban J connectivity index is 1.82. The molecule has 0 saturated heterocycles. The second-order valence-corrected chi connectivity index (χ2v) is 6.24. The van der Waals surface area contributed by atoms with Gasteiger partial charge in [-0.3, -0.25) is 0 Å². The highest BCUT2D eigenvalue weighted by Gasteiger charge is 2.28. The molecule has 0 aliphatic heterocycles. The molecule has 0 radical (unpaired) electrons. The number of hydrogen-bond donors (Lipinski definition) is 2. The van der Waals surface area contributed by atoms with Crippen LogP contribution in [0.3, 0.4) is 0 Å². The number of rotatable bonds is 6. The summed E-state index contributed by atoms with van der Waals surface area (Å²) in [6, 6.07) is 3.57. The Morgan fingerprint density at radius 1 is 1.26 bits per heavy atom. The van der Waals surface area contributed by atoms with E-state index in [2.05, 4.69) is 29.5 Å². The molecule has 1 aliphatic carbocycles. The van der Waals surface area contributed by atoms with E-state index >= 15 is 0 Å². The molecule has 23 heavy (non-hydrogen) atoms.